The van der Waals surface area contributed by atoms with Gasteiger partial charge in [0.25, 0.3) is 0 Å². The summed E-state index contributed by atoms with van der Waals surface area (Å²) in [7, 11) is 1.26. The maximum atomic E-state index is 13.3. The van der Waals surface area contributed by atoms with Gasteiger partial charge in [0.1, 0.15) is 77.2 Å². The quantitative estimate of drug-likeness (QED) is 0.176. The highest BCUT2D eigenvalue weighted by molar-refractivity contribution is 5.89. The Bertz CT molecular complexity index is 1470. The lowest BCUT2D eigenvalue weighted by atomic mass is 9.89. The summed E-state index contributed by atoms with van der Waals surface area (Å²) >= 11 is 0. The van der Waals surface area contributed by atoms with Crippen LogP contribution in [0.25, 0.3) is 22.3 Å². The van der Waals surface area contributed by atoms with Gasteiger partial charge in [-0.3, -0.25) is 4.79 Å². The average Bonchev–Trinajstić information content (AvgIpc) is 2.97. The van der Waals surface area contributed by atoms with Crippen molar-refractivity contribution in [3.63, 3.8) is 0 Å². The third-order valence-electron chi connectivity index (χ3n) is 7.60. The van der Waals surface area contributed by atoms with Gasteiger partial charge in [-0.05, 0) is 31.2 Å². The van der Waals surface area contributed by atoms with E-state index in [1.807, 2.05) is 0 Å². The molecule has 2 aliphatic heterocycles. The molecule has 0 aliphatic carbocycles. The SMILES string of the molecule is COc1cc(O)c2c(=O)cc(-c3ccc(O)cc3)oc2c1[C@@H]1O[C@@H](CO)[C@@H](O)[C@H](O)[C@H]1O[C@@H]1O[C@H](C)[C@H](O)[C@H](O)[C@H]1O. The van der Waals surface area contributed by atoms with Crippen molar-refractivity contribution in [2.24, 2.45) is 0 Å². The van der Waals surface area contributed by atoms with E-state index in [1.54, 1.807) is 0 Å². The van der Waals surface area contributed by atoms with Crippen molar-refractivity contribution in [3.8, 4) is 28.6 Å². The molecule has 3 heterocycles. The number of aromatic hydroxyl groups is 2. The molecule has 2 saturated heterocycles. The van der Waals surface area contributed by atoms with Crippen LogP contribution >= 0.6 is 0 Å². The second-order valence-corrected chi connectivity index (χ2v) is 10.3. The number of methoxy groups -OCH3 is 1. The predicted octanol–water partition coefficient (Wildman–Crippen LogP) is -0.754. The molecule has 0 saturated carbocycles. The Labute approximate surface area is 238 Å². The van der Waals surface area contributed by atoms with Crippen molar-refractivity contribution in [1.82, 2.24) is 0 Å². The minimum atomic E-state index is -1.79. The first-order chi connectivity index (χ1) is 20.0. The summed E-state index contributed by atoms with van der Waals surface area (Å²) in [6, 6.07) is 8.00. The third-order valence-corrected chi connectivity index (χ3v) is 7.60. The smallest absolute Gasteiger partial charge is 0.197 e. The van der Waals surface area contributed by atoms with Gasteiger partial charge in [0.15, 0.2) is 17.3 Å². The normalized spacial score (nSPS) is 33.5. The third kappa shape index (κ3) is 5.21. The minimum absolute atomic E-state index is 0.0286. The number of phenols is 2. The Morgan fingerprint density at radius 2 is 1.57 bits per heavy atom. The highest BCUT2D eigenvalue weighted by atomic mass is 16.7. The molecule has 0 bridgehead atoms. The molecule has 0 amide bonds. The zero-order valence-corrected chi connectivity index (χ0v) is 22.5. The van der Waals surface area contributed by atoms with Crippen molar-refractivity contribution >= 4 is 11.0 Å². The fourth-order valence-electron chi connectivity index (χ4n) is 5.27. The van der Waals surface area contributed by atoms with Crippen molar-refractivity contribution < 1.29 is 64.2 Å². The monoisotopic (exact) mass is 592 g/mol. The zero-order chi connectivity index (χ0) is 30.5. The highest BCUT2D eigenvalue weighted by Gasteiger charge is 2.51. The van der Waals surface area contributed by atoms with Crippen LogP contribution in [-0.2, 0) is 14.2 Å². The molecule has 0 spiro atoms. The summed E-state index contributed by atoms with van der Waals surface area (Å²) in [6.07, 6.45) is -15.5. The molecule has 14 nitrogen and oxygen atoms in total. The molecule has 0 radical (unpaired) electrons. The number of fused-ring (bicyclic) bond motifs is 1. The van der Waals surface area contributed by atoms with Gasteiger partial charge in [-0.1, -0.05) is 0 Å². The van der Waals surface area contributed by atoms with E-state index >= 15 is 0 Å². The predicted molar refractivity (Wildman–Crippen MR) is 142 cm³/mol. The van der Waals surface area contributed by atoms with Crippen LogP contribution in [0.5, 0.6) is 17.2 Å². The Hall–Kier alpha value is -3.31. The van der Waals surface area contributed by atoms with Gasteiger partial charge in [0, 0.05) is 17.7 Å². The van der Waals surface area contributed by atoms with E-state index in [-0.39, 0.29) is 33.8 Å². The zero-order valence-electron chi connectivity index (χ0n) is 22.5. The molecule has 14 heteroatoms. The van der Waals surface area contributed by atoms with Crippen LogP contribution in [0.4, 0.5) is 0 Å². The second-order valence-electron chi connectivity index (χ2n) is 10.3. The molecule has 1 aromatic heterocycles. The number of benzene rings is 2. The molecule has 2 aliphatic rings. The van der Waals surface area contributed by atoms with Gasteiger partial charge in [-0.2, -0.15) is 0 Å². The van der Waals surface area contributed by atoms with Crippen LogP contribution in [0, 0.1) is 0 Å². The Balaban J connectivity index is 1.69. The maximum absolute atomic E-state index is 13.3. The molecular weight excluding hydrogens is 560 g/mol. The molecule has 228 valence electrons. The maximum Gasteiger partial charge on any atom is 0.197 e. The van der Waals surface area contributed by atoms with Gasteiger partial charge in [0.2, 0.25) is 0 Å². The second kappa shape index (κ2) is 11.8. The standard InChI is InChI=1S/C28H32O14/c1-10-20(33)22(35)24(37)28(39-10)42-27-23(36)21(34)17(9-29)41-26(27)19-16(38-2)8-14(32)18-13(31)7-15(40-25(18)19)11-3-5-12(30)6-4-11/h3-8,10,17,20-24,26-30,32-37H,9H2,1-2H3/t10-,17+,20+,21-,22+,23+,24-,26+,27-,28+/m1/s1. The molecule has 5 rings (SSSR count). The van der Waals surface area contributed by atoms with E-state index in [2.05, 4.69) is 0 Å². The lowest BCUT2D eigenvalue weighted by Crippen LogP contribution is -2.61. The lowest BCUT2D eigenvalue weighted by molar-refractivity contribution is -0.338. The van der Waals surface area contributed by atoms with Gasteiger partial charge in [-0.25, -0.2) is 0 Å². The van der Waals surface area contributed by atoms with Crippen molar-refractivity contribution in [2.45, 2.75) is 68.1 Å². The molecule has 2 fully saturated rings. The highest BCUT2D eigenvalue weighted by Crippen LogP contribution is 2.45. The van der Waals surface area contributed by atoms with Crippen molar-refractivity contribution in [1.29, 1.82) is 0 Å². The van der Waals surface area contributed by atoms with E-state index in [1.165, 1.54) is 38.3 Å². The number of phenolic OH excluding ortho intramolecular Hbond substituents is 2. The summed E-state index contributed by atoms with van der Waals surface area (Å²) in [4.78, 5) is 13.3. The van der Waals surface area contributed by atoms with E-state index in [4.69, 9.17) is 23.4 Å². The number of aliphatic hydroxyl groups excluding tert-OH is 6. The number of aliphatic hydroxyl groups is 6. The van der Waals surface area contributed by atoms with Crippen LogP contribution in [-0.4, -0.2) is 110 Å². The summed E-state index contributed by atoms with van der Waals surface area (Å²) in [6.45, 7) is 0.682. The molecule has 0 unspecified atom stereocenters. The fourth-order valence-corrected chi connectivity index (χ4v) is 5.27. The van der Waals surface area contributed by atoms with E-state index < -0.39 is 79.0 Å². The molecular formula is C28H32O14. The van der Waals surface area contributed by atoms with E-state index in [0.29, 0.717) is 5.56 Å². The Morgan fingerprint density at radius 1 is 0.881 bits per heavy atom. The van der Waals surface area contributed by atoms with E-state index in [9.17, 15) is 45.6 Å². The summed E-state index contributed by atoms with van der Waals surface area (Å²) < 4.78 is 29.0. The van der Waals surface area contributed by atoms with Crippen LogP contribution in [0.1, 0.15) is 18.6 Å². The van der Waals surface area contributed by atoms with E-state index in [0.717, 1.165) is 12.1 Å². The number of rotatable bonds is 6. The topological polar surface area (TPSA) is 229 Å². The van der Waals surface area contributed by atoms with Crippen LogP contribution in [0.15, 0.2) is 45.6 Å². The average molecular weight is 593 g/mol. The molecule has 42 heavy (non-hydrogen) atoms. The van der Waals surface area contributed by atoms with Crippen LogP contribution in [0.3, 0.4) is 0 Å². The summed E-state index contributed by atoms with van der Waals surface area (Å²) in [5.41, 5.74) is -0.571. The lowest BCUT2D eigenvalue weighted by Gasteiger charge is -2.46. The fraction of sp³-hybridized carbons (Fsp3) is 0.464. The largest absolute Gasteiger partial charge is 0.508 e. The Kier molecular flexibility index (Phi) is 8.44. The van der Waals surface area contributed by atoms with Gasteiger partial charge >= 0.3 is 0 Å². The number of hydrogen-bond donors (Lipinski definition) is 8. The van der Waals surface area contributed by atoms with Gasteiger partial charge in [0.05, 0.1) is 25.4 Å². The first kappa shape index (κ1) is 30.2. The number of hydrogen-bond acceptors (Lipinski definition) is 14. The van der Waals surface area contributed by atoms with Gasteiger partial charge < -0.3 is 64.2 Å². The molecule has 3 aromatic rings. The molecule has 8 N–H and O–H groups in total. The molecule has 10 atom stereocenters. The molecule has 2 aromatic carbocycles. The minimum Gasteiger partial charge on any atom is -0.508 e. The van der Waals surface area contributed by atoms with Gasteiger partial charge in [-0.15, -0.1) is 0 Å². The number of ether oxygens (including phenoxy) is 4. The van der Waals surface area contributed by atoms with Crippen LogP contribution < -0.4 is 10.2 Å². The summed E-state index contributed by atoms with van der Waals surface area (Å²) in [5.74, 6) is -0.579. The first-order valence-electron chi connectivity index (χ1n) is 13.1. The van der Waals surface area contributed by atoms with Crippen molar-refractivity contribution in [3.05, 3.63) is 52.2 Å². The Morgan fingerprint density at radius 3 is 2.21 bits per heavy atom. The first-order valence-corrected chi connectivity index (χ1v) is 13.1. The van der Waals surface area contributed by atoms with Crippen molar-refractivity contribution in [2.75, 3.05) is 13.7 Å². The summed E-state index contributed by atoms with van der Waals surface area (Å²) in [5, 5.41) is 82.8. The van der Waals surface area contributed by atoms with Crippen LogP contribution in [0.2, 0.25) is 0 Å².